The molecule has 3 nitrogen and oxygen atoms in total. The van der Waals surface area contributed by atoms with E-state index in [4.69, 9.17) is 5.73 Å². The summed E-state index contributed by atoms with van der Waals surface area (Å²) in [6.45, 7) is 13.0. The van der Waals surface area contributed by atoms with Crippen LogP contribution in [0.2, 0.25) is 0 Å². The number of carbonyl (C=O) groups is 1. The maximum Gasteiger partial charge on any atom is 1.00 e. The van der Waals surface area contributed by atoms with Crippen molar-refractivity contribution in [3.8, 4) is 0 Å². The molecule has 1 saturated carbocycles. The minimum atomic E-state index is -4.24. The molecule has 2 N–H and O–H groups in total. The van der Waals surface area contributed by atoms with Crippen molar-refractivity contribution in [3.05, 3.63) is 103 Å². The number of nitrogens with two attached hydrogens (primary N) is 1. The maximum atomic E-state index is 11.9. The number of amidine groups is 1. The third-order valence-corrected chi connectivity index (χ3v) is 6.01. The normalized spacial score (nSPS) is 16.4. The molecule has 2 aliphatic rings. The summed E-state index contributed by atoms with van der Waals surface area (Å²) in [4.78, 5) is 15.0. The minimum Gasteiger partial charge on any atom is -0.389 e. The van der Waals surface area contributed by atoms with E-state index in [9.17, 15) is 18.0 Å². The van der Waals surface area contributed by atoms with Crippen molar-refractivity contribution < 1.29 is 69.4 Å². The second-order valence-corrected chi connectivity index (χ2v) is 8.46. The summed E-state index contributed by atoms with van der Waals surface area (Å²) in [6.07, 6.45) is 0.745. The van der Waals surface area contributed by atoms with Gasteiger partial charge in [0, 0.05) is 12.0 Å². The summed E-state index contributed by atoms with van der Waals surface area (Å²) in [5.74, 6) is 2.06. The first-order valence-corrected chi connectivity index (χ1v) is 11.3. The first-order valence-electron chi connectivity index (χ1n) is 11.3. The maximum absolute atomic E-state index is 11.9. The molecular formula is C28H32F3KN2O-2. The van der Waals surface area contributed by atoms with Crippen LogP contribution in [0.1, 0.15) is 61.6 Å². The van der Waals surface area contributed by atoms with E-state index in [-0.39, 0.29) is 63.6 Å². The fourth-order valence-electron chi connectivity index (χ4n) is 3.58. The van der Waals surface area contributed by atoms with Gasteiger partial charge in [0.1, 0.15) is 0 Å². The Morgan fingerprint density at radius 3 is 2.09 bits per heavy atom. The summed E-state index contributed by atoms with van der Waals surface area (Å²) >= 11 is 0. The molecule has 2 aromatic rings. The number of alkyl halides is 3. The Labute approximate surface area is 249 Å². The number of aliphatic imine (C=N–C) groups is 1. The monoisotopic (exact) mass is 508 g/mol. The molecular weight excluding hydrogens is 476 g/mol. The molecule has 1 fully saturated rings. The number of Topliss-reactive ketones (excluding diaryl/α,β-unsaturated/α-hetero) is 1. The van der Waals surface area contributed by atoms with E-state index in [1.807, 2.05) is 0 Å². The number of carbonyl (C=O) groups excluding carboxylic acids is 1. The van der Waals surface area contributed by atoms with Crippen molar-refractivity contribution in [2.45, 2.75) is 51.1 Å². The van der Waals surface area contributed by atoms with Gasteiger partial charge in [0.2, 0.25) is 0 Å². The van der Waals surface area contributed by atoms with E-state index in [0.29, 0.717) is 29.1 Å². The summed E-state index contributed by atoms with van der Waals surface area (Å²) < 4.78 is 35.7. The van der Waals surface area contributed by atoms with Crippen molar-refractivity contribution in [1.29, 1.82) is 0 Å². The Morgan fingerprint density at radius 1 is 1.06 bits per heavy atom. The van der Waals surface area contributed by atoms with Crippen molar-refractivity contribution in [2.24, 2.45) is 16.6 Å². The number of allylic oxidation sites excluding steroid dienone is 2. The van der Waals surface area contributed by atoms with Gasteiger partial charge in [-0.15, -0.1) is 17.7 Å². The van der Waals surface area contributed by atoms with Crippen LogP contribution in [0.5, 0.6) is 0 Å². The van der Waals surface area contributed by atoms with Crippen molar-refractivity contribution >= 4 is 11.6 Å². The topological polar surface area (TPSA) is 55.5 Å². The van der Waals surface area contributed by atoms with Crippen LogP contribution in [0, 0.1) is 26.7 Å². The number of ketones is 1. The predicted molar refractivity (Wildman–Crippen MR) is 132 cm³/mol. The molecule has 0 spiro atoms. The molecule has 4 rings (SSSR count). The number of nitrogens with zero attached hydrogens (tertiary/aromatic N) is 1. The van der Waals surface area contributed by atoms with Crippen LogP contribution >= 0.6 is 0 Å². The summed E-state index contributed by atoms with van der Waals surface area (Å²) in [5, 5.41) is 0. The van der Waals surface area contributed by atoms with Crippen LogP contribution in [0.25, 0.3) is 0 Å². The summed E-state index contributed by atoms with van der Waals surface area (Å²) in [6, 6.07) is 15.6. The molecule has 0 saturated heterocycles. The van der Waals surface area contributed by atoms with Crippen molar-refractivity contribution in [3.63, 3.8) is 0 Å². The van der Waals surface area contributed by atoms with Crippen LogP contribution in [-0.2, 0) is 11.0 Å². The van der Waals surface area contributed by atoms with E-state index >= 15 is 0 Å². The van der Waals surface area contributed by atoms with E-state index in [1.165, 1.54) is 37.0 Å². The Morgan fingerprint density at radius 2 is 1.63 bits per heavy atom. The van der Waals surface area contributed by atoms with Gasteiger partial charge in [-0.05, 0) is 30.2 Å². The molecule has 0 amide bonds. The number of halogens is 3. The van der Waals surface area contributed by atoms with Crippen LogP contribution in [0.4, 0.5) is 13.2 Å². The van der Waals surface area contributed by atoms with E-state index in [0.717, 1.165) is 24.0 Å². The van der Waals surface area contributed by atoms with Crippen LogP contribution < -0.4 is 57.1 Å². The number of hydrogen-bond acceptors (Lipinski definition) is 3. The Balaban J connectivity index is 0.000000259. The van der Waals surface area contributed by atoms with Crippen LogP contribution in [0.15, 0.2) is 70.9 Å². The van der Waals surface area contributed by atoms with Gasteiger partial charge in [0.05, 0.1) is 11.6 Å². The third kappa shape index (κ3) is 10.2. The van der Waals surface area contributed by atoms with Gasteiger partial charge in [-0.25, -0.2) is 0 Å². The largest absolute Gasteiger partial charge is 1.00 e. The second-order valence-electron chi connectivity index (χ2n) is 8.46. The first-order chi connectivity index (χ1) is 16.0. The average Bonchev–Trinajstić information content (AvgIpc) is 2.76. The molecule has 1 unspecified atom stereocenters. The quantitative estimate of drug-likeness (QED) is 0.501. The Bertz CT molecular complexity index is 995. The molecule has 1 heterocycles. The zero-order valence-electron chi connectivity index (χ0n) is 20.6. The first kappa shape index (κ1) is 31.5. The smallest absolute Gasteiger partial charge is 0.389 e. The van der Waals surface area contributed by atoms with E-state index < -0.39 is 11.7 Å². The molecule has 184 valence electrons. The van der Waals surface area contributed by atoms with Crippen molar-refractivity contribution in [2.75, 3.05) is 0 Å². The molecule has 0 aromatic heterocycles. The van der Waals surface area contributed by atoms with Crippen LogP contribution in [-0.4, -0.2) is 11.6 Å². The summed E-state index contributed by atoms with van der Waals surface area (Å²) in [7, 11) is 0. The SMILES string of the molecule is CC(c1ccccc1)C1CCC1.[CH2-]CC1=C([CH2-])C(=O)CC(N)=N1.[CH2-]c1ccc(C(F)(F)F)cc1.[K+]. The van der Waals surface area contributed by atoms with Gasteiger partial charge in [-0.1, -0.05) is 49.4 Å². The minimum absolute atomic E-state index is 0. The zero-order valence-corrected chi connectivity index (χ0v) is 23.7. The summed E-state index contributed by atoms with van der Waals surface area (Å²) in [5.41, 5.74) is 7.92. The van der Waals surface area contributed by atoms with E-state index in [1.54, 1.807) is 0 Å². The fourth-order valence-corrected chi connectivity index (χ4v) is 3.58. The average molecular weight is 509 g/mol. The van der Waals surface area contributed by atoms with Gasteiger partial charge in [0.15, 0.2) is 0 Å². The van der Waals surface area contributed by atoms with Crippen LogP contribution in [0.3, 0.4) is 0 Å². The number of benzene rings is 2. The Hall–Kier alpha value is -1.51. The molecule has 1 atom stereocenters. The molecule has 35 heavy (non-hydrogen) atoms. The molecule has 1 aliphatic carbocycles. The van der Waals surface area contributed by atoms with Gasteiger partial charge in [-0.3, -0.25) is 0 Å². The Kier molecular flexibility index (Phi) is 13.4. The van der Waals surface area contributed by atoms with Gasteiger partial charge in [0.25, 0.3) is 0 Å². The molecule has 7 heteroatoms. The third-order valence-electron chi connectivity index (χ3n) is 6.01. The molecule has 2 aromatic carbocycles. The number of rotatable bonds is 3. The van der Waals surface area contributed by atoms with Gasteiger partial charge >= 0.3 is 57.6 Å². The molecule has 1 aliphatic heterocycles. The second kappa shape index (κ2) is 14.9. The zero-order chi connectivity index (χ0) is 25.3. The predicted octanol–water partition coefficient (Wildman–Crippen LogP) is 4.11. The molecule has 0 bridgehead atoms. The van der Waals surface area contributed by atoms with Gasteiger partial charge < -0.3 is 22.4 Å². The standard InChI is InChI=1S/C12H16.C8H6F3.C8H10N2O.K/c1-10(12-8-5-9-12)11-6-3-2-4-7-11;1-6-2-4-7(5-3-6)8(9,10)11;1-3-6-5(2)7(11)4-8(9)10-6;/h2-4,6-7,10,12H,5,8-9H2,1H3;2-5H,1H2;1-4H2,(H2,9,10);/q;-1;-2;+1. The van der Waals surface area contributed by atoms with E-state index in [2.05, 4.69) is 63.0 Å². The fraction of sp³-hybridized carbons (Fsp3) is 0.321. The number of hydrogen-bond donors (Lipinski definition) is 1. The molecule has 0 radical (unpaired) electrons. The van der Waals surface area contributed by atoms with Crippen molar-refractivity contribution in [1.82, 2.24) is 0 Å². The van der Waals surface area contributed by atoms with Gasteiger partial charge in [-0.2, -0.15) is 51.1 Å².